The molecule has 0 amide bonds. The third-order valence-electron chi connectivity index (χ3n) is 2.86. The fourth-order valence-electron chi connectivity index (χ4n) is 1.87. The largest absolute Gasteiger partial charge is 0.416 e. The van der Waals surface area contributed by atoms with Crippen molar-refractivity contribution in [3.63, 3.8) is 0 Å². The first-order chi connectivity index (χ1) is 9.95. The minimum atomic E-state index is -4.41. The lowest BCUT2D eigenvalue weighted by molar-refractivity contribution is -0.137. The highest BCUT2D eigenvalue weighted by atomic mass is 32.1. The average Bonchev–Trinajstić information content (AvgIpc) is 2.91. The van der Waals surface area contributed by atoms with Crippen LogP contribution in [0.5, 0.6) is 0 Å². The zero-order valence-electron chi connectivity index (χ0n) is 10.3. The monoisotopic (exact) mass is 312 g/mol. The summed E-state index contributed by atoms with van der Waals surface area (Å²) in [7, 11) is 0. The topological polar surface area (TPSA) is 60.7 Å². The van der Waals surface area contributed by atoms with Crippen LogP contribution in [-0.2, 0) is 12.7 Å². The molecule has 21 heavy (non-hydrogen) atoms. The van der Waals surface area contributed by atoms with E-state index in [1.807, 2.05) is 0 Å². The molecule has 9 heteroatoms. The van der Waals surface area contributed by atoms with Gasteiger partial charge in [-0.05, 0) is 17.7 Å². The lowest BCUT2D eigenvalue weighted by Crippen LogP contribution is -2.21. The van der Waals surface area contributed by atoms with Gasteiger partial charge in [0.15, 0.2) is 10.3 Å². The maximum Gasteiger partial charge on any atom is 0.416 e. The standard InChI is InChI=1S/C12H7F3N4OS/c13-12(14,15)8-3-1-2-7(4-8)5-19-6-16-10-9(11(19)20)17-18-21-10/h1-4,6H,5H2. The number of hydrogen-bond donors (Lipinski definition) is 0. The van der Waals surface area contributed by atoms with E-state index in [4.69, 9.17) is 0 Å². The molecule has 3 aromatic rings. The van der Waals surface area contributed by atoms with Crippen molar-refractivity contribution in [2.75, 3.05) is 0 Å². The first kappa shape index (κ1) is 13.7. The Kier molecular flexibility index (Phi) is 3.20. The fraction of sp³-hybridized carbons (Fsp3) is 0.167. The smallest absolute Gasteiger partial charge is 0.293 e. The molecule has 0 unspecified atom stereocenters. The molecule has 0 aliphatic heterocycles. The van der Waals surface area contributed by atoms with Gasteiger partial charge in [0.25, 0.3) is 5.56 Å². The van der Waals surface area contributed by atoms with Crippen molar-refractivity contribution in [3.05, 3.63) is 52.1 Å². The van der Waals surface area contributed by atoms with Gasteiger partial charge in [0.1, 0.15) is 0 Å². The van der Waals surface area contributed by atoms with Crippen molar-refractivity contribution >= 4 is 21.9 Å². The zero-order valence-corrected chi connectivity index (χ0v) is 11.1. The van der Waals surface area contributed by atoms with Crippen molar-refractivity contribution in [2.24, 2.45) is 0 Å². The van der Waals surface area contributed by atoms with E-state index < -0.39 is 17.3 Å². The molecule has 0 radical (unpaired) electrons. The van der Waals surface area contributed by atoms with Gasteiger partial charge in [-0.15, -0.1) is 5.10 Å². The number of aromatic nitrogens is 4. The Balaban J connectivity index is 1.99. The molecule has 0 spiro atoms. The molecule has 1 aromatic carbocycles. The summed E-state index contributed by atoms with van der Waals surface area (Å²) in [5.74, 6) is 0. The molecule has 0 saturated heterocycles. The maximum absolute atomic E-state index is 12.7. The molecule has 0 atom stereocenters. The van der Waals surface area contributed by atoms with Crippen LogP contribution >= 0.6 is 11.5 Å². The number of benzene rings is 1. The molecule has 0 N–H and O–H groups in total. The third kappa shape index (κ3) is 2.64. The highest BCUT2D eigenvalue weighted by Crippen LogP contribution is 2.29. The van der Waals surface area contributed by atoms with E-state index in [-0.39, 0.29) is 12.1 Å². The first-order valence-corrected chi connectivity index (χ1v) is 6.56. The number of hydrogen-bond acceptors (Lipinski definition) is 5. The van der Waals surface area contributed by atoms with Crippen molar-refractivity contribution < 1.29 is 13.2 Å². The fourth-order valence-corrected chi connectivity index (χ4v) is 2.38. The van der Waals surface area contributed by atoms with Gasteiger partial charge >= 0.3 is 6.18 Å². The Morgan fingerprint density at radius 3 is 2.86 bits per heavy atom. The number of alkyl halides is 3. The number of rotatable bonds is 2. The first-order valence-electron chi connectivity index (χ1n) is 5.79. The zero-order chi connectivity index (χ0) is 15.0. The summed E-state index contributed by atoms with van der Waals surface area (Å²) >= 11 is 0.988. The minimum absolute atomic E-state index is 0.0107. The molecule has 2 heterocycles. The molecule has 0 aliphatic carbocycles. The van der Waals surface area contributed by atoms with Crippen LogP contribution in [0, 0.1) is 0 Å². The van der Waals surface area contributed by atoms with E-state index in [1.54, 1.807) is 0 Å². The normalized spacial score (nSPS) is 12.0. The molecule has 108 valence electrons. The van der Waals surface area contributed by atoms with Crippen molar-refractivity contribution in [1.82, 2.24) is 19.1 Å². The minimum Gasteiger partial charge on any atom is -0.293 e. The van der Waals surface area contributed by atoms with Gasteiger partial charge in [-0.2, -0.15) is 13.2 Å². The van der Waals surface area contributed by atoms with Gasteiger partial charge < -0.3 is 0 Å². The van der Waals surface area contributed by atoms with Crippen LogP contribution in [0.4, 0.5) is 13.2 Å². The maximum atomic E-state index is 12.7. The third-order valence-corrected chi connectivity index (χ3v) is 3.49. The second kappa shape index (κ2) is 4.92. The van der Waals surface area contributed by atoms with E-state index in [0.29, 0.717) is 10.4 Å². The molecule has 0 bridgehead atoms. The SMILES string of the molecule is O=c1c2nnsc2ncn1Cc1cccc(C(F)(F)F)c1. The van der Waals surface area contributed by atoms with Crippen molar-refractivity contribution in [2.45, 2.75) is 12.7 Å². The van der Waals surface area contributed by atoms with E-state index in [2.05, 4.69) is 14.6 Å². The lowest BCUT2D eigenvalue weighted by Gasteiger charge is -2.09. The predicted octanol–water partition coefficient (Wildman–Crippen LogP) is 2.32. The Morgan fingerprint density at radius 2 is 2.10 bits per heavy atom. The van der Waals surface area contributed by atoms with Gasteiger partial charge in [-0.25, -0.2) is 4.98 Å². The number of halogens is 3. The summed E-state index contributed by atoms with van der Waals surface area (Å²) in [5.41, 5.74) is -0.700. The van der Waals surface area contributed by atoms with Gasteiger partial charge in [0.05, 0.1) is 18.4 Å². The Bertz CT molecular complexity index is 855. The second-order valence-electron chi connectivity index (χ2n) is 4.30. The van der Waals surface area contributed by atoms with Gasteiger partial charge in [0, 0.05) is 11.5 Å². The van der Waals surface area contributed by atoms with Crippen LogP contribution in [0.2, 0.25) is 0 Å². The summed E-state index contributed by atoms with van der Waals surface area (Å²) in [6.07, 6.45) is -3.13. The van der Waals surface area contributed by atoms with Crippen LogP contribution in [0.15, 0.2) is 35.4 Å². The molecule has 3 rings (SSSR count). The Morgan fingerprint density at radius 1 is 1.29 bits per heavy atom. The van der Waals surface area contributed by atoms with Gasteiger partial charge in [-0.3, -0.25) is 9.36 Å². The molecule has 0 aliphatic rings. The highest BCUT2D eigenvalue weighted by molar-refractivity contribution is 7.12. The summed E-state index contributed by atoms with van der Waals surface area (Å²) in [5, 5.41) is 3.67. The van der Waals surface area contributed by atoms with E-state index in [0.717, 1.165) is 23.7 Å². The van der Waals surface area contributed by atoms with Crippen LogP contribution in [0.3, 0.4) is 0 Å². The number of nitrogens with zero attached hydrogens (tertiary/aromatic N) is 4. The lowest BCUT2D eigenvalue weighted by atomic mass is 10.1. The molecular formula is C12H7F3N4OS. The van der Waals surface area contributed by atoms with E-state index in [9.17, 15) is 18.0 Å². The number of fused-ring (bicyclic) bond motifs is 1. The predicted molar refractivity (Wildman–Crippen MR) is 70.0 cm³/mol. The average molecular weight is 312 g/mol. The molecule has 5 nitrogen and oxygen atoms in total. The van der Waals surface area contributed by atoms with Crippen molar-refractivity contribution in [3.8, 4) is 0 Å². The van der Waals surface area contributed by atoms with Crippen LogP contribution in [0.1, 0.15) is 11.1 Å². The Hall–Kier alpha value is -2.29. The molecule has 2 aromatic heterocycles. The summed E-state index contributed by atoms with van der Waals surface area (Å²) < 4.78 is 42.8. The van der Waals surface area contributed by atoms with Crippen LogP contribution < -0.4 is 5.56 Å². The van der Waals surface area contributed by atoms with Crippen LogP contribution in [0.25, 0.3) is 10.3 Å². The quantitative estimate of drug-likeness (QED) is 0.728. The summed E-state index contributed by atoms with van der Waals surface area (Å²) in [4.78, 5) is 16.5. The summed E-state index contributed by atoms with van der Waals surface area (Å²) in [6.45, 7) is -0.0107. The molecule has 0 saturated carbocycles. The van der Waals surface area contributed by atoms with E-state index >= 15 is 0 Å². The van der Waals surface area contributed by atoms with Crippen molar-refractivity contribution in [1.29, 1.82) is 0 Å². The van der Waals surface area contributed by atoms with Gasteiger partial charge in [0.2, 0.25) is 0 Å². The van der Waals surface area contributed by atoms with Crippen LogP contribution in [-0.4, -0.2) is 19.1 Å². The van der Waals surface area contributed by atoms with E-state index in [1.165, 1.54) is 23.0 Å². The second-order valence-corrected chi connectivity index (χ2v) is 5.04. The summed E-state index contributed by atoms with van der Waals surface area (Å²) in [6, 6.07) is 4.82. The highest BCUT2D eigenvalue weighted by Gasteiger charge is 2.30. The Labute approximate surface area is 119 Å². The molecule has 0 fully saturated rings. The van der Waals surface area contributed by atoms with Gasteiger partial charge in [-0.1, -0.05) is 16.6 Å². The molecular weight excluding hydrogens is 305 g/mol.